The maximum Gasteiger partial charge on any atom is 0.317 e. The summed E-state index contributed by atoms with van der Waals surface area (Å²) in [5, 5.41) is 0. The normalized spacial score (nSPS) is 19.4. The van der Waals surface area contributed by atoms with Gasteiger partial charge in [0.25, 0.3) is 0 Å². The smallest absolute Gasteiger partial charge is 0.286 e. The molecule has 0 unspecified atom stereocenters. The predicted octanol–water partition coefficient (Wildman–Crippen LogP) is 0.441. The third-order valence-electron chi connectivity index (χ3n) is 1.12. The van der Waals surface area contributed by atoms with Gasteiger partial charge in [0.2, 0.25) is 5.91 Å². The number of amides is 1. The number of hydrogen-bond donors (Lipinski definition) is 0. The van der Waals surface area contributed by atoms with E-state index >= 15 is 0 Å². The Kier molecular flexibility index (Phi) is 1.15. The first-order valence-electron chi connectivity index (χ1n) is 2.29. The van der Waals surface area contributed by atoms with Gasteiger partial charge in [0.1, 0.15) is 0 Å². The van der Waals surface area contributed by atoms with Gasteiger partial charge in [-0.3, -0.25) is 9.69 Å². The third kappa shape index (κ3) is 0.657. The Bertz CT molecular complexity index is 115. The van der Waals surface area contributed by atoms with E-state index in [9.17, 15) is 13.6 Å². The molecule has 1 heterocycles. The number of halogens is 2. The van der Waals surface area contributed by atoms with Crippen molar-refractivity contribution in [1.82, 2.24) is 4.90 Å². The van der Waals surface area contributed by atoms with Gasteiger partial charge >= 0.3 is 6.55 Å². The zero-order chi connectivity index (χ0) is 6.15. The standard InChI is InChI=1S/C4H5F2NO/c5-4(6)7-2-1-3(7)8/h4H,1-2H2. The van der Waals surface area contributed by atoms with Crippen LogP contribution in [0.15, 0.2) is 0 Å². The van der Waals surface area contributed by atoms with E-state index in [0.29, 0.717) is 4.90 Å². The van der Waals surface area contributed by atoms with Crippen molar-refractivity contribution in [3.63, 3.8) is 0 Å². The fourth-order valence-electron chi connectivity index (χ4n) is 0.539. The second kappa shape index (κ2) is 1.69. The molecule has 1 aliphatic rings. The lowest BCUT2D eigenvalue weighted by Gasteiger charge is -2.28. The molecular formula is C4H5F2NO. The number of β-lactam (4-membered cyclic amide) rings is 1. The van der Waals surface area contributed by atoms with Gasteiger partial charge < -0.3 is 0 Å². The first-order valence-corrected chi connectivity index (χ1v) is 2.29. The van der Waals surface area contributed by atoms with Crippen LogP contribution in [-0.4, -0.2) is 23.9 Å². The minimum atomic E-state index is -2.59. The minimum Gasteiger partial charge on any atom is -0.286 e. The molecule has 0 saturated carbocycles. The molecule has 2 nitrogen and oxygen atoms in total. The van der Waals surface area contributed by atoms with Gasteiger partial charge in [-0.2, -0.15) is 8.78 Å². The average molecular weight is 121 g/mol. The summed E-state index contributed by atoms with van der Waals surface area (Å²) in [6, 6.07) is 0. The summed E-state index contributed by atoms with van der Waals surface area (Å²) in [4.78, 5) is 10.7. The van der Waals surface area contributed by atoms with Crippen molar-refractivity contribution in [2.24, 2.45) is 0 Å². The highest BCUT2D eigenvalue weighted by Crippen LogP contribution is 2.14. The molecule has 0 aliphatic carbocycles. The monoisotopic (exact) mass is 121 g/mol. The maximum atomic E-state index is 11.4. The van der Waals surface area contributed by atoms with Gasteiger partial charge in [0.05, 0.1) is 0 Å². The van der Waals surface area contributed by atoms with Crippen LogP contribution in [0.4, 0.5) is 8.78 Å². The van der Waals surface area contributed by atoms with Gasteiger partial charge in [0.15, 0.2) is 0 Å². The van der Waals surface area contributed by atoms with E-state index in [1.165, 1.54) is 0 Å². The van der Waals surface area contributed by atoms with E-state index in [-0.39, 0.29) is 13.0 Å². The minimum absolute atomic E-state index is 0.219. The Morgan fingerprint density at radius 2 is 2.25 bits per heavy atom. The van der Waals surface area contributed by atoms with Gasteiger partial charge in [-0.05, 0) is 0 Å². The van der Waals surface area contributed by atoms with Crippen LogP contribution >= 0.6 is 0 Å². The fraction of sp³-hybridized carbons (Fsp3) is 0.750. The van der Waals surface area contributed by atoms with Crippen LogP contribution in [0.5, 0.6) is 0 Å². The number of nitrogens with zero attached hydrogens (tertiary/aromatic N) is 1. The van der Waals surface area contributed by atoms with E-state index in [1.807, 2.05) is 0 Å². The summed E-state index contributed by atoms with van der Waals surface area (Å²) in [6.45, 7) is -2.37. The van der Waals surface area contributed by atoms with Crippen molar-refractivity contribution in [2.45, 2.75) is 13.0 Å². The van der Waals surface area contributed by atoms with Crippen LogP contribution in [0.3, 0.4) is 0 Å². The van der Waals surface area contributed by atoms with Gasteiger partial charge in [-0.25, -0.2) is 0 Å². The number of carbonyl (C=O) groups excluding carboxylic acids is 1. The molecular weight excluding hydrogens is 116 g/mol. The van der Waals surface area contributed by atoms with Gasteiger partial charge in [-0.15, -0.1) is 0 Å². The first-order chi connectivity index (χ1) is 3.72. The summed E-state index contributed by atoms with van der Waals surface area (Å²) in [5.41, 5.74) is 0. The molecule has 8 heavy (non-hydrogen) atoms. The molecule has 0 N–H and O–H groups in total. The number of likely N-dealkylation sites (tertiary alicyclic amines) is 1. The van der Waals surface area contributed by atoms with E-state index in [2.05, 4.69) is 0 Å². The highest BCUT2D eigenvalue weighted by atomic mass is 19.3. The third-order valence-corrected chi connectivity index (χ3v) is 1.12. The van der Waals surface area contributed by atoms with E-state index in [0.717, 1.165) is 0 Å². The molecule has 1 saturated heterocycles. The molecule has 0 aromatic heterocycles. The summed E-state index contributed by atoms with van der Waals surface area (Å²) >= 11 is 0. The van der Waals surface area contributed by atoms with Crippen molar-refractivity contribution in [3.8, 4) is 0 Å². The van der Waals surface area contributed by atoms with Crippen LogP contribution in [0.1, 0.15) is 6.42 Å². The quantitative estimate of drug-likeness (QED) is 0.364. The molecule has 0 bridgehead atoms. The van der Waals surface area contributed by atoms with E-state index < -0.39 is 12.5 Å². The van der Waals surface area contributed by atoms with Crippen molar-refractivity contribution < 1.29 is 13.6 Å². The lowest BCUT2D eigenvalue weighted by molar-refractivity contribution is -0.157. The van der Waals surface area contributed by atoms with E-state index in [4.69, 9.17) is 0 Å². The average Bonchev–Trinajstić information content (AvgIpc) is 1.61. The largest absolute Gasteiger partial charge is 0.317 e. The zero-order valence-electron chi connectivity index (χ0n) is 4.10. The SMILES string of the molecule is O=C1CCN1C(F)F. The van der Waals surface area contributed by atoms with Gasteiger partial charge in [0, 0.05) is 13.0 Å². The van der Waals surface area contributed by atoms with Crippen LogP contribution in [0.2, 0.25) is 0 Å². The number of hydrogen-bond acceptors (Lipinski definition) is 1. The Labute approximate surface area is 45.1 Å². The Hall–Kier alpha value is -0.670. The van der Waals surface area contributed by atoms with E-state index in [1.54, 1.807) is 0 Å². The molecule has 1 amide bonds. The van der Waals surface area contributed by atoms with Crippen molar-refractivity contribution in [1.29, 1.82) is 0 Å². The Balaban J connectivity index is 2.37. The molecule has 46 valence electrons. The topological polar surface area (TPSA) is 20.3 Å². The van der Waals surface area contributed by atoms with Crippen LogP contribution in [0.25, 0.3) is 0 Å². The Morgan fingerprint density at radius 3 is 2.25 bits per heavy atom. The highest BCUT2D eigenvalue weighted by Gasteiger charge is 2.30. The number of alkyl halides is 2. The predicted molar refractivity (Wildman–Crippen MR) is 22.3 cm³/mol. The summed E-state index contributed by atoms with van der Waals surface area (Å²) in [7, 11) is 0. The number of rotatable bonds is 1. The summed E-state index contributed by atoms with van der Waals surface area (Å²) in [5.74, 6) is -0.444. The summed E-state index contributed by atoms with van der Waals surface area (Å²) in [6.07, 6.45) is 0.282. The molecule has 4 heteroatoms. The molecule has 1 fully saturated rings. The first kappa shape index (κ1) is 5.47. The molecule has 0 radical (unpaired) electrons. The number of carbonyl (C=O) groups is 1. The van der Waals surface area contributed by atoms with Crippen molar-refractivity contribution in [2.75, 3.05) is 6.54 Å². The van der Waals surface area contributed by atoms with Crippen molar-refractivity contribution >= 4 is 5.91 Å². The molecule has 1 rings (SSSR count). The van der Waals surface area contributed by atoms with Crippen LogP contribution in [-0.2, 0) is 4.79 Å². The molecule has 0 atom stereocenters. The second-order valence-electron chi connectivity index (χ2n) is 1.61. The van der Waals surface area contributed by atoms with Gasteiger partial charge in [-0.1, -0.05) is 0 Å². The second-order valence-corrected chi connectivity index (χ2v) is 1.61. The molecule has 1 aliphatic heterocycles. The van der Waals surface area contributed by atoms with Crippen molar-refractivity contribution in [3.05, 3.63) is 0 Å². The fourth-order valence-corrected chi connectivity index (χ4v) is 0.539. The zero-order valence-corrected chi connectivity index (χ0v) is 4.10. The summed E-state index contributed by atoms with van der Waals surface area (Å²) < 4.78 is 22.9. The molecule has 0 aromatic carbocycles. The molecule has 0 aromatic rings. The maximum absolute atomic E-state index is 11.4. The van der Waals surface area contributed by atoms with Crippen LogP contribution < -0.4 is 0 Å². The van der Waals surface area contributed by atoms with Crippen LogP contribution in [0, 0.1) is 0 Å². The molecule has 0 spiro atoms. The lowest BCUT2D eigenvalue weighted by atomic mass is 10.2. The highest BCUT2D eigenvalue weighted by molar-refractivity contribution is 5.81. The Morgan fingerprint density at radius 1 is 1.62 bits per heavy atom. The lowest BCUT2D eigenvalue weighted by Crippen LogP contribution is -2.46.